The van der Waals surface area contributed by atoms with Crippen molar-refractivity contribution in [3.05, 3.63) is 86.5 Å². The summed E-state index contributed by atoms with van der Waals surface area (Å²) in [6.07, 6.45) is 0.670. The Balaban J connectivity index is 1.83. The summed E-state index contributed by atoms with van der Waals surface area (Å²) in [6, 6.07) is 19.3. The molecule has 2 unspecified atom stereocenters. The molecule has 2 aromatic carbocycles. The van der Waals surface area contributed by atoms with Crippen molar-refractivity contribution in [3.63, 3.8) is 0 Å². The van der Waals surface area contributed by atoms with Gasteiger partial charge in [0, 0.05) is 20.6 Å². The molecule has 0 fully saturated rings. The summed E-state index contributed by atoms with van der Waals surface area (Å²) in [5, 5.41) is 4.98. The van der Waals surface area contributed by atoms with Crippen molar-refractivity contribution in [3.8, 4) is 0 Å². The van der Waals surface area contributed by atoms with Gasteiger partial charge >= 0.3 is 0 Å². The first-order valence-corrected chi connectivity index (χ1v) is 11.2. The maximum Gasteiger partial charge on any atom is 0.244 e. The minimum Gasteiger partial charge on any atom is -0.324 e. The SMILES string of the molecule is CCC(C(=O)N1CC(=O)Nc2ccc(Br)cc2C1c1cccs1)c1ccccc1. The summed E-state index contributed by atoms with van der Waals surface area (Å²) in [4.78, 5) is 29.2. The molecule has 2 atom stereocenters. The molecule has 1 N–H and O–H groups in total. The molecule has 1 aromatic heterocycles. The van der Waals surface area contributed by atoms with E-state index in [2.05, 4.69) is 21.2 Å². The van der Waals surface area contributed by atoms with E-state index >= 15 is 0 Å². The van der Waals surface area contributed by atoms with Gasteiger partial charge in [-0.2, -0.15) is 0 Å². The highest BCUT2D eigenvalue weighted by Gasteiger charge is 2.37. The molecular formula is C23H21BrN2O2S. The van der Waals surface area contributed by atoms with Gasteiger partial charge in [-0.1, -0.05) is 59.3 Å². The largest absolute Gasteiger partial charge is 0.324 e. The number of hydrogen-bond acceptors (Lipinski definition) is 3. The van der Waals surface area contributed by atoms with Gasteiger partial charge in [0.05, 0.1) is 12.0 Å². The van der Waals surface area contributed by atoms with Gasteiger partial charge in [-0.25, -0.2) is 0 Å². The number of halogens is 1. The van der Waals surface area contributed by atoms with Gasteiger partial charge in [0.1, 0.15) is 6.54 Å². The third-order valence-corrected chi connectivity index (χ3v) is 6.63. The fourth-order valence-corrected chi connectivity index (χ4v) is 5.11. The van der Waals surface area contributed by atoms with Gasteiger partial charge in [-0.05, 0) is 41.6 Å². The standard InChI is InChI=1S/C23H21BrN2O2S/c1-2-17(15-7-4-3-5-8-15)23(28)26-14-21(27)25-19-11-10-16(24)13-18(19)22(26)20-9-6-12-29-20/h3-13,17,22H,2,14H2,1H3,(H,25,27). The Morgan fingerprint density at radius 2 is 2.00 bits per heavy atom. The third kappa shape index (κ3) is 4.00. The molecule has 29 heavy (non-hydrogen) atoms. The first-order chi connectivity index (χ1) is 14.1. The molecule has 2 amide bonds. The minimum atomic E-state index is -0.313. The molecule has 0 aliphatic carbocycles. The topological polar surface area (TPSA) is 49.4 Å². The Morgan fingerprint density at radius 1 is 1.21 bits per heavy atom. The fourth-order valence-electron chi connectivity index (χ4n) is 3.87. The molecule has 0 radical (unpaired) electrons. The number of anilines is 1. The number of hydrogen-bond donors (Lipinski definition) is 1. The molecule has 3 aromatic rings. The number of nitrogens with zero attached hydrogens (tertiary/aromatic N) is 1. The van der Waals surface area contributed by atoms with E-state index in [0.29, 0.717) is 6.42 Å². The second-order valence-electron chi connectivity index (χ2n) is 7.04. The van der Waals surface area contributed by atoms with Crippen molar-refractivity contribution in [1.29, 1.82) is 0 Å². The van der Waals surface area contributed by atoms with Crippen LogP contribution >= 0.6 is 27.3 Å². The van der Waals surface area contributed by atoms with Crippen LogP contribution in [0.4, 0.5) is 5.69 Å². The Labute approximate surface area is 182 Å². The zero-order chi connectivity index (χ0) is 20.4. The van der Waals surface area contributed by atoms with E-state index in [0.717, 1.165) is 26.2 Å². The number of carbonyl (C=O) groups excluding carboxylic acids is 2. The molecule has 1 aliphatic heterocycles. The summed E-state index contributed by atoms with van der Waals surface area (Å²) in [5.41, 5.74) is 2.65. The van der Waals surface area contributed by atoms with Crippen molar-refractivity contribution in [2.45, 2.75) is 25.3 Å². The number of amides is 2. The minimum absolute atomic E-state index is 0.0248. The summed E-state index contributed by atoms with van der Waals surface area (Å²) < 4.78 is 0.913. The number of fused-ring (bicyclic) bond motifs is 1. The van der Waals surface area contributed by atoms with Crippen LogP contribution in [0.3, 0.4) is 0 Å². The lowest BCUT2D eigenvalue weighted by molar-refractivity contribution is -0.137. The predicted molar refractivity (Wildman–Crippen MR) is 120 cm³/mol. The average molecular weight is 469 g/mol. The molecule has 0 saturated carbocycles. The van der Waals surface area contributed by atoms with E-state index in [9.17, 15) is 9.59 Å². The first-order valence-electron chi connectivity index (χ1n) is 9.56. The normalized spacial score (nSPS) is 17.2. The lowest BCUT2D eigenvalue weighted by Crippen LogP contribution is -2.41. The second-order valence-corrected chi connectivity index (χ2v) is 8.93. The summed E-state index contributed by atoms with van der Waals surface area (Å²) in [5.74, 6) is -0.496. The van der Waals surface area contributed by atoms with Gasteiger partial charge in [-0.3, -0.25) is 9.59 Å². The molecule has 2 heterocycles. The van der Waals surface area contributed by atoms with E-state index in [1.54, 1.807) is 16.2 Å². The second kappa shape index (κ2) is 8.51. The van der Waals surface area contributed by atoms with E-state index < -0.39 is 0 Å². The van der Waals surface area contributed by atoms with E-state index in [4.69, 9.17) is 0 Å². The van der Waals surface area contributed by atoms with Crippen LogP contribution in [0.25, 0.3) is 0 Å². The van der Waals surface area contributed by atoms with Crippen molar-refractivity contribution in [2.75, 3.05) is 11.9 Å². The summed E-state index contributed by atoms with van der Waals surface area (Å²) >= 11 is 5.14. The van der Waals surface area contributed by atoms with Crippen LogP contribution in [-0.4, -0.2) is 23.3 Å². The van der Waals surface area contributed by atoms with Crippen LogP contribution in [-0.2, 0) is 9.59 Å². The highest BCUT2D eigenvalue weighted by Crippen LogP contribution is 2.40. The van der Waals surface area contributed by atoms with E-state index in [-0.39, 0.29) is 30.3 Å². The molecule has 4 rings (SSSR count). The lowest BCUT2D eigenvalue weighted by atomic mass is 9.93. The Hall–Kier alpha value is -2.44. The van der Waals surface area contributed by atoms with Gasteiger partial charge < -0.3 is 10.2 Å². The maximum absolute atomic E-state index is 13.8. The third-order valence-electron chi connectivity index (χ3n) is 5.21. The monoisotopic (exact) mass is 468 g/mol. The lowest BCUT2D eigenvalue weighted by Gasteiger charge is -2.32. The van der Waals surface area contributed by atoms with Crippen molar-refractivity contribution >= 4 is 44.8 Å². The average Bonchev–Trinajstić information content (AvgIpc) is 3.20. The van der Waals surface area contributed by atoms with Crippen molar-refractivity contribution in [1.82, 2.24) is 4.90 Å². The Morgan fingerprint density at radius 3 is 2.69 bits per heavy atom. The van der Waals surface area contributed by atoms with E-state index in [1.165, 1.54) is 0 Å². The zero-order valence-corrected chi connectivity index (χ0v) is 18.4. The Kier molecular flexibility index (Phi) is 5.83. The van der Waals surface area contributed by atoms with Crippen molar-refractivity contribution in [2.24, 2.45) is 0 Å². The van der Waals surface area contributed by atoms with E-state index in [1.807, 2.05) is 73.0 Å². The first kappa shape index (κ1) is 19.9. The van der Waals surface area contributed by atoms with Crippen LogP contribution in [0.2, 0.25) is 0 Å². The van der Waals surface area contributed by atoms with Gasteiger partial charge in [0.2, 0.25) is 11.8 Å². The van der Waals surface area contributed by atoms with Crippen LogP contribution in [0.1, 0.15) is 41.3 Å². The summed E-state index contributed by atoms with van der Waals surface area (Å²) in [7, 11) is 0. The van der Waals surface area contributed by atoms with Crippen molar-refractivity contribution < 1.29 is 9.59 Å². The van der Waals surface area contributed by atoms with Crippen LogP contribution in [0, 0.1) is 0 Å². The number of nitrogens with one attached hydrogen (secondary N) is 1. The zero-order valence-electron chi connectivity index (χ0n) is 16.0. The maximum atomic E-state index is 13.8. The smallest absolute Gasteiger partial charge is 0.244 e. The van der Waals surface area contributed by atoms with Crippen LogP contribution < -0.4 is 5.32 Å². The molecule has 6 heteroatoms. The van der Waals surface area contributed by atoms with Gasteiger partial charge in [0.15, 0.2) is 0 Å². The number of rotatable bonds is 4. The Bertz CT molecular complexity index is 1020. The van der Waals surface area contributed by atoms with Gasteiger partial charge in [-0.15, -0.1) is 11.3 Å². The van der Waals surface area contributed by atoms with Crippen LogP contribution in [0.5, 0.6) is 0 Å². The molecule has 4 nitrogen and oxygen atoms in total. The fraction of sp³-hybridized carbons (Fsp3) is 0.217. The highest BCUT2D eigenvalue weighted by atomic mass is 79.9. The molecule has 0 spiro atoms. The number of benzene rings is 2. The molecule has 1 aliphatic rings. The molecule has 0 saturated heterocycles. The molecule has 148 valence electrons. The van der Waals surface area contributed by atoms with Gasteiger partial charge in [0.25, 0.3) is 0 Å². The molecule has 0 bridgehead atoms. The summed E-state index contributed by atoms with van der Waals surface area (Å²) in [6.45, 7) is 2.04. The highest BCUT2D eigenvalue weighted by molar-refractivity contribution is 9.10. The molecular weight excluding hydrogens is 448 g/mol. The van der Waals surface area contributed by atoms with Crippen LogP contribution in [0.15, 0.2) is 70.5 Å². The quantitative estimate of drug-likeness (QED) is 0.543. The number of carbonyl (C=O) groups is 2. The predicted octanol–water partition coefficient (Wildman–Crippen LogP) is 5.57. The number of thiophene rings is 1.